The smallest absolute Gasteiger partial charge is 0.268 e. The molecule has 5 aromatic carbocycles. The summed E-state index contributed by atoms with van der Waals surface area (Å²) in [6.45, 7) is 7.06. The second kappa shape index (κ2) is 8.62. The average Bonchev–Trinajstić information content (AvgIpc) is 3.37. The van der Waals surface area contributed by atoms with Gasteiger partial charge in [0.2, 0.25) is 0 Å². The maximum Gasteiger partial charge on any atom is 0.268 e. The summed E-state index contributed by atoms with van der Waals surface area (Å²) in [6, 6.07) is 38.0. The minimum absolute atomic E-state index is 0.0718. The number of anilines is 3. The summed E-state index contributed by atoms with van der Waals surface area (Å²) in [7, 11) is 0. The van der Waals surface area contributed by atoms with E-state index in [1.54, 1.807) is 0 Å². The highest BCUT2D eigenvalue weighted by Crippen LogP contribution is 2.49. The number of fused-ring (bicyclic) bond motifs is 8. The molecule has 1 aromatic heterocycles. The van der Waals surface area contributed by atoms with Crippen LogP contribution in [0, 0.1) is 0 Å². The van der Waals surface area contributed by atoms with Gasteiger partial charge in [-0.15, -0.1) is 11.3 Å². The molecule has 0 radical (unpaired) electrons. The van der Waals surface area contributed by atoms with E-state index in [0.717, 1.165) is 24.3 Å². The lowest BCUT2D eigenvalue weighted by Gasteiger charge is -2.41. The van der Waals surface area contributed by atoms with E-state index in [1.807, 2.05) is 11.3 Å². The van der Waals surface area contributed by atoms with Gasteiger partial charge >= 0.3 is 0 Å². The number of para-hydroxylation sites is 1. The number of nitrogens with zero attached hydrogens (tertiary/aromatic N) is 1. The van der Waals surface area contributed by atoms with Crippen molar-refractivity contribution >= 4 is 60.9 Å². The number of thiophene rings is 1. The quantitative estimate of drug-likeness (QED) is 0.197. The fraction of sp³-hybridized carbons (Fsp3) is 0.158. The van der Waals surface area contributed by atoms with Crippen molar-refractivity contribution in [1.82, 2.24) is 0 Å². The molecule has 0 N–H and O–H groups in total. The molecule has 2 aliphatic heterocycles. The Bertz CT molecular complexity index is 2060. The maximum absolute atomic E-state index is 6.96. The van der Waals surface area contributed by atoms with Crippen LogP contribution < -0.4 is 25.3 Å². The van der Waals surface area contributed by atoms with Gasteiger partial charge in [0.1, 0.15) is 11.5 Å². The highest BCUT2D eigenvalue weighted by Gasteiger charge is 2.46. The van der Waals surface area contributed by atoms with E-state index in [-0.39, 0.29) is 12.1 Å². The fourth-order valence-corrected chi connectivity index (χ4v) is 8.39. The van der Waals surface area contributed by atoms with Crippen molar-refractivity contribution in [2.24, 2.45) is 0 Å². The molecule has 3 aliphatic rings. The van der Waals surface area contributed by atoms with Gasteiger partial charge < -0.3 is 9.64 Å². The Hall–Kier alpha value is -4.28. The molecule has 9 rings (SSSR count). The Balaban J connectivity index is 1.36. The fourth-order valence-electron chi connectivity index (χ4n) is 7.09. The molecule has 0 saturated carbocycles. The van der Waals surface area contributed by atoms with Gasteiger partial charge in [-0.1, -0.05) is 87.5 Å². The molecule has 0 atom stereocenters. The van der Waals surface area contributed by atoms with Crippen LogP contribution in [0.4, 0.5) is 17.1 Å². The standard InChI is InChI=1S/C38H30BNOS/c1-38(2,3)26-16-19-33-29(22-26)35-37(42-33)39-30-18-15-24(23-10-6-4-7-11-23)21-32(30)41-36-28-17-14-25(28)20-31(34(36)39)40(35)27-12-8-5-9-13-27/h4-13,15-16,18-22H,14,17H2,1-3H3. The highest BCUT2D eigenvalue weighted by atomic mass is 32.1. The van der Waals surface area contributed by atoms with Gasteiger partial charge in [0, 0.05) is 26.2 Å². The lowest BCUT2D eigenvalue weighted by Crippen LogP contribution is -2.59. The summed E-state index contributed by atoms with van der Waals surface area (Å²) in [5.41, 5.74) is 13.0. The van der Waals surface area contributed by atoms with E-state index in [2.05, 4.69) is 129 Å². The van der Waals surface area contributed by atoms with Crippen molar-refractivity contribution in [3.05, 3.63) is 120 Å². The summed E-state index contributed by atoms with van der Waals surface area (Å²) < 4.78 is 9.71. The molecule has 0 spiro atoms. The molecule has 6 aromatic rings. The number of rotatable bonds is 2. The van der Waals surface area contributed by atoms with Crippen molar-refractivity contribution in [3.63, 3.8) is 0 Å². The lowest BCUT2D eigenvalue weighted by atomic mass is 9.36. The van der Waals surface area contributed by atoms with Crippen molar-refractivity contribution < 1.29 is 4.74 Å². The van der Waals surface area contributed by atoms with Crippen molar-refractivity contribution in [3.8, 4) is 22.6 Å². The molecule has 0 unspecified atom stereocenters. The summed E-state index contributed by atoms with van der Waals surface area (Å²) >= 11 is 1.95. The number of hydrogen-bond donors (Lipinski definition) is 0. The first-order valence-electron chi connectivity index (χ1n) is 14.9. The number of hydrogen-bond acceptors (Lipinski definition) is 3. The van der Waals surface area contributed by atoms with E-state index in [0.29, 0.717) is 0 Å². The molecule has 0 bridgehead atoms. The van der Waals surface area contributed by atoms with Crippen LogP contribution in [0.5, 0.6) is 11.5 Å². The van der Waals surface area contributed by atoms with E-state index in [1.165, 1.54) is 70.7 Å². The van der Waals surface area contributed by atoms with Crippen LogP contribution in [-0.2, 0) is 18.3 Å². The van der Waals surface area contributed by atoms with Gasteiger partial charge in [0.05, 0.1) is 5.69 Å². The van der Waals surface area contributed by atoms with Crippen LogP contribution in [0.3, 0.4) is 0 Å². The van der Waals surface area contributed by atoms with E-state index < -0.39 is 0 Å². The van der Waals surface area contributed by atoms with Gasteiger partial charge in [0.25, 0.3) is 6.71 Å². The SMILES string of the molecule is CC(C)(C)c1ccc2sc3c(c2c1)N(c1ccccc1)c1cc2c(c4c1B3c1ccc(-c3ccccc3)cc1O4)CC2. The van der Waals surface area contributed by atoms with E-state index in [9.17, 15) is 0 Å². The minimum atomic E-state index is 0.0718. The zero-order valence-corrected chi connectivity index (χ0v) is 24.9. The van der Waals surface area contributed by atoms with Crippen molar-refractivity contribution in [1.29, 1.82) is 0 Å². The zero-order valence-electron chi connectivity index (χ0n) is 24.1. The van der Waals surface area contributed by atoms with Crippen LogP contribution in [0.1, 0.15) is 37.5 Å². The average molecular weight is 560 g/mol. The summed E-state index contributed by atoms with van der Waals surface area (Å²) in [6.07, 6.45) is 2.19. The minimum Gasteiger partial charge on any atom is -0.458 e. The van der Waals surface area contributed by atoms with Gasteiger partial charge in [-0.3, -0.25) is 0 Å². The Morgan fingerprint density at radius 1 is 0.786 bits per heavy atom. The Labute approximate surface area is 251 Å². The summed E-state index contributed by atoms with van der Waals surface area (Å²) in [5.74, 6) is 2.09. The first kappa shape index (κ1) is 24.3. The molecular formula is C38H30BNOS. The maximum atomic E-state index is 6.96. The van der Waals surface area contributed by atoms with Crippen LogP contribution in [0.2, 0.25) is 0 Å². The van der Waals surface area contributed by atoms with E-state index >= 15 is 0 Å². The zero-order chi connectivity index (χ0) is 28.2. The van der Waals surface area contributed by atoms with Gasteiger partial charge in [-0.05, 0) is 93.4 Å². The normalized spacial score (nSPS) is 14.5. The van der Waals surface area contributed by atoms with Crippen LogP contribution in [0.15, 0.2) is 103 Å². The molecule has 1 aliphatic carbocycles. The summed E-state index contributed by atoms with van der Waals surface area (Å²) in [4.78, 5) is 2.53. The molecule has 0 fully saturated rings. The van der Waals surface area contributed by atoms with Crippen LogP contribution in [-0.4, -0.2) is 6.71 Å². The first-order chi connectivity index (χ1) is 20.5. The molecule has 42 heavy (non-hydrogen) atoms. The summed E-state index contributed by atoms with van der Waals surface area (Å²) in [5, 5.41) is 1.34. The molecule has 4 heteroatoms. The second-order valence-corrected chi connectivity index (χ2v) is 14.0. The van der Waals surface area contributed by atoms with Crippen LogP contribution >= 0.6 is 11.3 Å². The highest BCUT2D eigenvalue weighted by molar-refractivity contribution is 7.33. The monoisotopic (exact) mass is 559 g/mol. The van der Waals surface area contributed by atoms with Crippen molar-refractivity contribution in [2.75, 3.05) is 4.90 Å². The van der Waals surface area contributed by atoms with Crippen molar-refractivity contribution in [2.45, 2.75) is 39.0 Å². The Morgan fingerprint density at radius 3 is 2.31 bits per heavy atom. The third-order valence-corrected chi connectivity index (χ3v) is 10.6. The third-order valence-electron chi connectivity index (χ3n) is 9.37. The molecule has 202 valence electrons. The van der Waals surface area contributed by atoms with Gasteiger partial charge in [-0.2, -0.15) is 0 Å². The molecule has 3 heterocycles. The second-order valence-electron chi connectivity index (χ2n) is 12.9. The number of ether oxygens (including phenoxy) is 1. The van der Waals surface area contributed by atoms with Gasteiger partial charge in [-0.25, -0.2) is 0 Å². The number of benzene rings is 5. The molecular weight excluding hydrogens is 529 g/mol. The third kappa shape index (κ3) is 3.39. The first-order valence-corrected chi connectivity index (χ1v) is 15.8. The molecule has 0 amide bonds. The van der Waals surface area contributed by atoms with Gasteiger partial charge in [0.15, 0.2) is 0 Å². The topological polar surface area (TPSA) is 12.5 Å². The van der Waals surface area contributed by atoms with E-state index in [4.69, 9.17) is 4.74 Å². The Kier molecular flexibility index (Phi) is 5.00. The molecule has 2 nitrogen and oxygen atoms in total. The predicted molar refractivity (Wildman–Crippen MR) is 179 cm³/mol. The largest absolute Gasteiger partial charge is 0.458 e. The molecule has 0 saturated heterocycles. The predicted octanol–water partition coefficient (Wildman–Crippen LogP) is 8.37. The Morgan fingerprint density at radius 2 is 1.57 bits per heavy atom. The lowest BCUT2D eigenvalue weighted by molar-refractivity contribution is 0.475. The van der Waals surface area contributed by atoms with Crippen LogP contribution in [0.25, 0.3) is 21.2 Å². The number of aryl methyl sites for hydroxylation is 1.